The van der Waals surface area contributed by atoms with Gasteiger partial charge in [-0.25, -0.2) is 0 Å². The molecule has 0 amide bonds. The van der Waals surface area contributed by atoms with Gasteiger partial charge in [-0.2, -0.15) is 0 Å². The molecule has 4 heterocycles. The van der Waals surface area contributed by atoms with Crippen molar-refractivity contribution in [1.29, 1.82) is 0 Å². The molecule has 0 aliphatic carbocycles. The van der Waals surface area contributed by atoms with Crippen LogP contribution in [0.4, 0.5) is 5.69 Å². The molecule has 1 saturated heterocycles. The van der Waals surface area contributed by atoms with Gasteiger partial charge in [0.15, 0.2) is 16.6 Å². The lowest BCUT2D eigenvalue weighted by molar-refractivity contribution is 0.174. The minimum atomic E-state index is -0.0466. The van der Waals surface area contributed by atoms with E-state index < -0.39 is 0 Å². The zero-order chi connectivity index (χ0) is 18.4. The summed E-state index contributed by atoms with van der Waals surface area (Å²) in [6, 6.07) is 16.0. The van der Waals surface area contributed by atoms with Crippen LogP contribution < -0.4 is 19.7 Å². The van der Waals surface area contributed by atoms with E-state index in [0.29, 0.717) is 5.11 Å². The number of halogens is 1. The third-order valence-electron chi connectivity index (χ3n) is 4.62. The van der Waals surface area contributed by atoms with Crippen molar-refractivity contribution in [3.8, 4) is 11.5 Å². The second-order valence-electron chi connectivity index (χ2n) is 6.18. The van der Waals surface area contributed by atoms with Gasteiger partial charge in [-0.3, -0.25) is 4.98 Å². The summed E-state index contributed by atoms with van der Waals surface area (Å²) in [6.07, 6.45) is 1.81. The molecular weight excluding hydrogens is 446 g/mol. The molecule has 136 valence electrons. The lowest BCUT2D eigenvalue weighted by Gasteiger charge is -2.27. The molecule has 0 unspecified atom stereocenters. The molecule has 27 heavy (non-hydrogen) atoms. The third-order valence-corrected chi connectivity index (χ3v) is 6.63. The minimum Gasteiger partial charge on any atom is -0.454 e. The first-order valence-electron chi connectivity index (χ1n) is 8.36. The first-order chi connectivity index (χ1) is 13.2. The van der Waals surface area contributed by atoms with Crippen molar-refractivity contribution in [1.82, 2.24) is 10.3 Å². The molecule has 8 heteroatoms. The van der Waals surface area contributed by atoms with Gasteiger partial charge < -0.3 is 19.7 Å². The fourth-order valence-corrected chi connectivity index (χ4v) is 5.34. The quantitative estimate of drug-likeness (QED) is 0.566. The highest BCUT2D eigenvalue weighted by molar-refractivity contribution is 9.11. The monoisotopic (exact) mass is 459 g/mol. The number of nitrogens with one attached hydrogen (secondary N) is 1. The molecule has 0 radical (unpaired) electrons. The smallest absolute Gasteiger partial charge is 0.231 e. The highest BCUT2D eigenvalue weighted by atomic mass is 79.9. The van der Waals surface area contributed by atoms with Crippen LogP contribution >= 0.6 is 39.5 Å². The molecule has 2 aliphatic heterocycles. The Morgan fingerprint density at radius 1 is 1.15 bits per heavy atom. The molecule has 1 aromatic carbocycles. The van der Waals surface area contributed by atoms with Gasteiger partial charge in [0.05, 0.1) is 21.6 Å². The van der Waals surface area contributed by atoms with Gasteiger partial charge in [-0.05, 0) is 64.5 Å². The van der Waals surface area contributed by atoms with Crippen LogP contribution in [-0.4, -0.2) is 16.9 Å². The summed E-state index contributed by atoms with van der Waals surface area (Å²) in [5, 5.41) is 4.12. The van der Waals surface area contributed by atoms with E-state index in [-0.39, 0.29) is 18.9 Å². The number of thiocarbonyl (C=S) groups is 1. The number of benzene rings is 1. The van der Waals surface area contributed by atoms with E-state index in [0.717, 1.165) is 26.7 Å². The lowest BCUT2D eigenvalue weighted by Crippen LogP contribution is -2.29. The van der Waals surface area contributed by atoms with Crippen LogP contribution in [-0.2, 0) is 0 Å². The Labute approximate surface area is 174 Å². The Balaban J connectivity index is 1.61. The maximum atomic E-state index is 5.72. The fourth-order valence-electron chi connectivity index (χ4n) is 3.44. The van der Waals surface area contributed by atoms with Crippen molar-refractivity contribution in [3.05, 3.63) is 69.1 Å². The summed E-state index contributed by atoms with van der Waals surface area (Å²) < 4.78 is 12.1. The van der Waals surface area contributed by atoms with E-state index in [1.54, 1.807) is 11.3 Å². The second kappa shape index (κ2) is 6.78. The molecule has 2 atom stereocenters. The standard InChI is InChI=1S/C19H14BrN3O2S2/c20-16-7-6-15(27-16)18-17(12-3-1-2-8-21-12)22-19(26)23(18)11-4-5-13-14(9-11)25-10-24-13/h1-9,17-18H,10H2,(H,22,26)/t17-,18-/m0/s1. The van der Waals surface area contributed by atoms with Gasteiger partial charge >= 0.3 is 0 Å². The number of thiophene rings is 1. The van der Waals surface area contributed by atoms with Crippen LogP contribution in [0, 0.1) is 0 Å². The van der Waals surface area contributed by atoms with Crippen LogP contribution in [0.3, 0.4) is 0 Å². The van der Waals surface area contributed by atoms with Crippen molar-refractivity contribution in [2.24, 2.45) is 0 Å². The van der Waals surface area contributed by atoms with Gasteiger partial charge in [0.25, 0.3) is 0 Å². The van der Waals surface area contributed by atoms with Crippen molar-refractivity contribution in [2.75, 3.05) is 11.7 Å². The van der Waals surface area contributed by atoms with Gasteiger partial charge in [0, 0.05) is 22.8 Å². The largest absolute Gasteiger partial charge is 0.454 e. The van der Waals surface area contributed by atoms with Crippen LogP contribution in [0.25, 0.3) is 0 Å². The molecule has 3 aromatic rings. The summed E-state index contributed by atoms with van der Waals surface area (Å²) in [5.74, 6) is 1.50. The van der Waals surface area contributed by atoms with Crippen LogP contribution in [0.5, 0.6) is 11.5 Å². The molecule has 0 spiro atoms. The summed E-state index contributed by atoms with van der Waals surface area (Å²) in [6.45, 7) is 0.249. The van der Waals surface area contributed by atoms with Crippen molar-refractivity contribution in [3.63, 3.8) is 0 Å². The predicted octanol–water partition coefficient (Wildman–Crippen LogP) is 4.81. The zero-order valence-electron chi connectivity index (χ0n) is 14.0. The highest BCUT2D eigenvalue weighted by Crippen LogP contribution is 2.46. The summed E-state index contributed by atoms with van der Waals surface area (Å²) >= 11 is 11.0. The van der Waals surface area contributed by atoms with E-state index in [9.17, 15) is 0 Å². The number of hydrogen-bond donors (Lipinski definition) is 1. The summed E-state index contributed by atoms with van der Waals surface area (Å²) in [4.78, 5) is 7.89. The Kier molecular flexibility index (Phi) is 4.26. The zero-order valence-corrected chi connectivity index (χ0v) is 17.2. The number of anilines is 1. The van der Waals surface area contributed by atoms with Gasteiger partial charge in [0.2, 0.25) is 6.79 Å². The Bertz CT molecular complexity index is 1010. The normalized spacial score (nSPS) is 20.8. The molecule has 1 N–H and O–H groups in total. The molecule has 0 bridgehead atoms. The number of pyridine rings is 1. The van der Waals surface area contributed by atoms with E-state index >= 15 is 0 Å². The van der Waals surface area contributed by atoms with E-state index in [1.165, 1.54) is 4.88 Å². The Hall–Kier alpha value is -2.16. The topological polar surface area (TPSA) is 46.6 Å². The average molecular weight is 460 g/mol. The maximum absolute atomic E-state index is 5.72. The first kappa shape index (κ1) is 17.0. The number of fused-ring (bicyclic) bond motifs is 1. The SMILES string of the molecule is S=C1N[C@@H](c2ccccn2)[C@H](c2ccc(Br)s2)N1c1ccc2c(c1)OCO2. The molecule has 0 saturated carbocycles. The van der Waals surface area contributed by atoms with E-state index in [2.05, 4.69) is 43.3 Å². The third kappa shape index (κ3) is 2.97. The van der Waals surface area contributed by atoms with Crippen molar-refractivity contribution < 1.29 is 9.47 Å². The van der Waals surface area contributed by atoms with Crippen LogP contribution in [0.15, 0.2) is 58.5 Å². The van der Waals surface area contributed by atoms with Crippen molar-refractivity contribution in [2.45, 2.75) is 12.1 Å². The van der Waals surface area contributed by atoms with Crippen LogP contribution in [0.2, 0.25) is 0 Å². The van der Waals surface area contributed by atoms with Crippen molar-refractivity contribution >= 4 is 50.3 Å². The fraction of sp³-hybridized carbons (Fsp3) is 0.158. The number of ether oxygens (including phenoxy) is 2. The number of nitrogens with zero attached hydrogens (tertiary/aromatic N) is 2. The van der Waals surface area contributed by atoms with E-state index in [1.807, 2.05) is 42.6 Å². The summed E-state index contributed by atoms with van der Waals surface area (Å²) in [7, 11) is 0. The lowest BCUT2D eigenvalue weighted by atomic mass is 10.0. The molecule has 2 aromatic heterocycles. The van der Waals surface area contributed by atoms with Crippen LogP contribution in [0.1, 0.15) is 22.7 Å². The number of aromatic nitrogens is 1. The average Bonchev–Trinajstić information content (AvgIpc) is 3.39. The first-order valence-corrected chi connectivity index (χ1v) is 10.4. The maximum Gasteiger partial charge on any atom is 0.231 e. The summed E-state index contributed by atoms with van der Waals surface area (Å²) in [5.41, 5.74) is 1.92. The predicted molar refractivity (Wildman–Crippen MR) is 113 cm³/mol. The van der Waals surface area contributed by atoms with E-state index in [4.69, 9.17) is 21.7 Å². The molecule has 5 rings (SSSR count). The molecule has 5 nitrogen and oxygen atoms in total. The molecular formula is C19H14BrN3O2S2. The Morgan fingerprint density at radius 3 is 2.81 bits per heavy atom. The van der Waals surface area contributed by atoms with Gasteiger partial charge in [-0.15, -0.1) is 11.3 Å². The highest BCUT2D eigenvalue weighted by Gasteiger charge is 2.41. The number of rotatable bonds is 3. The molecule has 1 fully saturated rings. The Morgan fingerprint density at radius 2 is 2.04 bits per heavy atom. The molecule has 2 aliphatic rings. The minimum absolute atomic E-state index is 0.0101. The van der Waals surface area contributed by atoms with Gasteiger partial charge in [-0.1, -0.05) is 6.07 Å². The second-order valence-corrected chi connectivity index (χ2v) is 9.06. The van der Waals surface area contributed by atoms with Gasteiger partial charge in [0.1, 0.15) is 0 Å². The number of hydrogen-bond acceptors (Lipinski definition) is 5.